The Bertz CT molecular complexity index is 496. The third-order valence-corrected chi connectivity index (χ3v) is 3.63. The summed E-state index contributed by atoms with van der Waals surface area (Å²) in [6.45, 7) is 1.93. The van der Waals surface area contributed by atoms with Crippen molar-refractivity contribution in [2.24, 2.45) is 5.92 Å². The van der Waals surface area contributed by atoms with E-state index in [1.165, 1.54) is 0 Å². The molecule has 0 unspecified atom stereocenters. The summed E-state index contributed by atoms with van der Waals surface area (Å²) in [4.78, 5) is 23.5. The zero-order valence-corrected chi connectivity index (χ0v) is 12.4. The fourth-order valence-corrected chi connectivity index (χ4v) is 2.47. The van der Waals surface area contributed by atoms with Gasteiger partial charge in [0.1, 0.15) is 0 Å². The Morgan fingerprint density at radius 2 is 2.24 bits per heavy atom. The highest BCUT2D eigenvalue weighted by atomic mass is 16.5. The number of hydrogen-bond acceptors (Lipinski definition) is 3. The van der Waals surface area contributed by atoms with Crippen LogP contribution in [-0.2, 0) is 16.1 Å². The van der Waals surface area contributed by atoms with Gasteiger partial charge >= 0.3 is 0 Å². The van der Waals surface area contributed by atoms with Crippen molar-refractivity contribution >= 4 is 11.8 Å². The topological polar surface area (TPSA) is 67.4 Å². The van der Waals surface area contributed by atoms with Crippen LogP contribution < -0.4 is 10.6 Å². The molecule has 21 heavy (non-hydrogen) atoms. The number of rotatable bonds is 5. The molecule has 1 atom stereocenters. The quantitative estimate of drug-likeness (QED) is 0.863. The molecule has 5 heteroatoms. The molecule has 2 N–H and O–H groups in total. The van der Waals surface area contributed by atoms with Crippen LogP contribution in [0.25, 0.3) is 0 Å². The predicted octanol–water partition coefficient (Wildman–Crippen LogP) is 1.48. The second-order valence-electron chi connectivity index (χ2n) is 5.34. The first-order chi connectivity index (χ1) is 10.2. The van der Waals surface area contributed by atoms with E-state index in [-0.39, 0.29) is 11.8 Å². The van der Waals surface area contributed by atoms with Gasteiger partial charge in [-0.3, -0.25) is 9.59 Å². The zero-order chi connectivity index (χ0) is 15.1. The second-order valence-corrected chi connectivity index (χ2v) is 5.34. The van der Waals surface area contributed by atoms with Gasteiger partial charge in [-0.25, -0.2) is 0 Å². The summed E-state index contributed by atoms with van der Waals surface area (Å²) in [5, 5.41) is 5.49. The third kappa shape index (κ3) is 4.86. The van der Waals surface area contributed by atoms with Crippen molar-refractivity contribution in [3.8, 4) is 0 Å². The van der Waals surface area contributed by atoms with E-state index in [1.54, 1.807) is 19.2 Å². The molecule has 1 aromatic rings. The van der Waals surface area contributed by atoms with E-state index in [9.17, 15) is 9.59 Å². The Kier molecular flexibility index (Phi) is 5.75. The third-order valence-electron chi connectivity index (χ3n) is 3.63. The van der Waals surface area contributed by atoms with E-state index < -0.39 is 0 Å². The van der Waals surface area contributed by atoms with E-state index in [2.05, 4.69) is 10.6 Å². The summed E-state index contributed by atoms with van der Waals surface area (Å²) < 4.78 is 5.38. The smallest absolute Gasteiger partial charge is 0.251 e. The van der Waals surface area contributed by atoms with E-state index in [0.717, 1.165) is 25.0 Å². The van der Waals surface area contributed by atoms with Gasteiger partial charge < -0.3 is 15.4 Å². The Balaban J connectivity index is 1.81. The lowest BCUT2D eigenvalue weighted by molar-refractivity contribution is -0.123. The highest BCUT2D eigenvalue weighted by Crippen LogP contribution is 2.16. The van der Waals surface area contributed by atoms with Gasteiger partial charge in [-0.05, 0) is 36.5 Å². The van der Waals surface area contributed by atoms with E-state index in [0.29, 0.717) is 31.1 Å². The predicted molar refractivity (Wildman–Crippen MR) is 79.8 cm³/mol. The summed E-state index contributed by atoms with van der Waals surface area (Å²) in [6, 6.07) is 7.27. The molecule has 0 aromatic heterocycles. The van der Waals surface area contributed by atoms with Crippen LogP contribution in [0.1, 0.15) is 35.2 Å². The summed E-state index contributed by atoms with van der Waals surface area (Å²) in [7, 11) is 1.60. The van der Waals surface area contributed by atoms with E-state index >= 15 is 0 Å². The normalized spacial score (nSPS) is 18.0. The first-order valence-corrected chi connectivity index (χ1v) is 7.34. The van der Waals surface area contributed by atoms with Crippen molar-refractivity contribution in [1.29, 1.82) is 0 Å². The maximum atomic E-state index is 11.9. The number of carbonyl (C=O) groups excluding carboxylic acids is 2. The number of nitrogens with one attached hydrogen (secondary N) is 2. The van der Waals surface area contributed by atoms with Crippen molar-refractivity contribution in [1.82, 2.24) is 10.6 Å². The molecule has 1 aromatic carbocycles. The van der Waals surface area contributed by atoms with Gasteiger partial charge in [0.25, 0.3) is 5.91 Å². The molecule has 2 amide bonds. The van der Waals surface area contributed by atoms with Crippen LogP contribution in [0.15, 0.2) is 24.3 Å². The van der Waals surface area contributed by atoms with Gasteiger partial charge in [0.2, 0.25) is 5.91 Å². The summed E-state index contributed by atoms with van der Waals surface area (Å²) >= 11 is 0. The largest absolute Gasteiger partial charge is 0.381 e. The van der Waals surface area contributed by atoms with Crippen molar-refractivity contribution in [2.45, 2.75) is 25.8 Å². The van der Waals surface area contributed by atoms with Gasteiger partial charge in [0.05, 0.1) is 0 Å². The van der Waals surface area contributed by atoms with Crippen molar-refractivity contribution in [2.75, 3.05) is 20.3 Å². The van der Waals surface area contributed by atoms with Crippen molar-refractivity contribution < 1.29 is 14.3 Å². The van der Waals surface area contributed by atoms with Gasteiger partial charge in [-0.1, -0.05) is 12.1 Å². The Morgan fingerprint density at radius 1 is 1.38 bits per heavy atom. The SMILES string of the molecule is CNC(=O)c1cccc(CNC(=O)C[C@@H]2CCCOC2)c1. The van der Waals surface area contributed by atoms with Crippen LogP contribution in [0, 0.1) is 5.92 Å². The van der Waals surface area contributed by atoms with Crippen molar-refractivity contribution in [3.63, 3.8) is 0 Å². The Morgan fingerprint density at radius 3 is 2.95 bits per heavy atom. The zero-order valence-electron chi connectivity index (χ0n) is 12.4. The molecule has 1 fully saturated rings. The molecule has 1 aliphatic rings. The molecule has 0 bridgehead atoms. The summed E-state index contributed by atoms with van der Waals surface area (Å²) in [5.41, 5.74) is 1.52. The summed E-state index contributed by atoms with van der Waals surface area (Å²) in [5.74, 6) is 0.245. The van der Waals surface area contributed by atoms with Crippen LogP contribution in [0.3, 0.4) is 0 Å². The molecule has 0 radical (unpaired) electrons. The highest BCUT2D eigenvalue weighted by Gasteiger charge is 2.17. The van der Waals surface area contributed by atoms with Crippen molar-refractivity contribution in [3.05, 3.63) is 35.4 Å². The molecular formula is C16H22N2O3. The lowest BCUT2D eigenvalue weighted by Gasteiger charge is -2.21. The lowest BCUT2D eigenvalue weighted by Crippen LogP contribution is -2.28. The standard InChI is InChI=1S/C16H22N2O3/c1-17-16(20)14-6-2-4-12(8-14)10-18-15(19)9-13-5-3-7-21-11-13/h2,4,6,8,13H,3,5,7,9-11H2,1H3,(H,17,20)(H,18,19)/t13-/m0/s1. The number of carbonyl (C=O) groups is 2. The maximum Gasteiger partial charge on any atom is 0.251 e. The van der Waals surface area contributed by atoms with Crippen LogP contribution in [0.5, 0.6) is 0 Å². The number of amides is 2. The van der Waals surface area contributed by atoms with Gasteiger partial charge in [-0.2, -0.15) is 0 Å². The molecule has 1 aliphatic heterocycles. The highest BCUT2D eigenvalue weighted by molar-refractivity contribution is 5.94. The van der Waals surface area contributed by atoms with E-state index in [1.807, 2.05) is 12.1 Å². The fraction of sp³-hybridized carbons (Fsp3) is 0.500. The number of hydrogen-bond donors (Lipinski definition) is 2. The average molecular weight is 290 g/mol. The molecule has 114 valence electrons. The van der Waals surface area contributed by atoms with Crippen LogP contribution in [0.2, 0.25) is 0 Å². The molecule has 0 spiro atoms. The van der Waals surface area contributed by atoms with Gasteiger partial charge in [0, 0.05) is 38.8 Å². The van der Waals surface area contributed by atoms with Crippen LogP contribution >= 0.6 is 0 Å². The Hall–Kier alpha value is -1.88. The average Bonchev–Trinajstić information content (AvgIpc) is 2.53. The monoisotopic (exact) mass is 290 g/mol. The molecular weight excluding hydrogens is 268 g/mol. The second kappa shape index (κ2) is 7.78. The van der Waals surface area contributed by atoms with Gasteiger partial charge in [-0.15, -0.1) is 0 Å². The lowest BCUT2D eigenvalue weighted by atomic mass is 9.98. The number of ether oxygens (including phenoxy) is 1. The summed E-state index contributed by atoms with van der Waals surface area (Å²) in [6.07, 6.45) is 2.60. The molecule has 0 saturated carbocycles. The molecule has 1 saturated heterocycles. The molecule has 2 rings (SSSR count). The maximum absolute atomic E-state index is 11.9. The van der Waals surface area contributed by atoms with Crippen LogP contribution in [-0.4, -0.2) is 32.1 Å². The molecule has 0 aliphatic carbocycles. The molecule has 5 nitrogen and oxygen atoms in total. The first-order valence-electron chi connectivity index (χ1n) is 7.34. The fourth-order valence-electron chi connectivity index (χ4n) is 2.47. The minimum Gasteiger partial charge on any atom is -0.381 e. The minimum absolute atomic E-state index is 0.0378. The van der Waals surface area contributed by atoms with Gasteiger partial charge in [0.15, 0.2) is 0 Å². The Labute approximate surface area is 125 Å². The first kappa shape index (κ1) is 15.5. The van der Waals surface area contributed by atoms with E-state index in [4.69, 9.17) is 4.74 Å². The minimum atomic E-state index is -0.123. The van der Waals surface area contributed by atoms with Crippen LogP contribution in [0.4, 0.5) is 0 Å². The number of benzene rings is 1. The molecule has 1 heterocycles.